The van der Waals surface area contributed by atoms with Gasteiger partial charge in [0.2, 0.25) is 0 Å². The van der Waals surface area contributed by atoms with Crippen molar-refractivity contribution < 1.29 is 45.4 Å². The van der Waals surface area contributed by atoms with Gasteiger partial charge in [0.1, 0.15) is 5.60 Å². The molecular formula is C22H23F6NO4. The minimum absolute atomic E-state index is 0.0618. The van der Waals surface area contributed by atoms with E-state index in [0.29, 0.717) is 24.8 Å². The summed E-state index contributed by atoms with van der Waals surface area (Å²) in [4.78, 5) is 23.9. The fraction of sp³-hybridized carbons (Fsp3) is 0.636. The fourth-order valence-corrected chi connectivity index (χ4v) is 6.51. The number of hydrogen-bond donors (Lipinski definition) is 1. The van der Waals surface area contributed by atoms with Crippen LogP contribution in [0.15, 0.2) is 30.3 Å². The Morgan fingerprint density at radius 3 is 2.27 bits per heavy atom. The van der Waals surface area contributed by atoms with Crippen molar-refractivity contribution >= 4 is 11.9 Å². The van der Waals surface area contributed by atoms with Crippen LogP contribution in [0.5, 0.6) is 0 Å². The highest BCUT2D eigenvalue weighted by Crippen LogP contribution is 2.65. The maximum absolute atomic E-state index is 13.2. The van der Waals surface area contributed by atoms with E-state index in [4.69, 9.17) is 9.47 Å². The Balaban J connectivity index is 1.80. The summed E-state index contributed by atoms with van der Waals surface area (Å²) in [7, 11) is 1.43. The van der Waals surface area contributed by atoms with Gasteiger partial charge in [0.05, 0.1) is 11.6 Å². The van der Waals surface area contributed by atoms with E-state index in [1.807, 2.05) is 5.32 Å². The summed E-state index contributed by atoms with van der Waals surface area (Å²) in [6.07, 6.45) is -8.99. The minimum Gasteiger partial charge on any atom is -0.452 e. The molecule has 1 amide bonds. The number of nitrogens with one attached hydrogen (secondary N) is 1. The molecule has 0 aliphatic heterocycles. The van der Waals surface area contributed by atoms with Gasteiger partial charge in [-0.3, -0.25) is 4.79 Å². The molecule has 0 aromatic heterocycles. The van der Waals surface area contributed by atoms with Crippen molar-refractivity contribution in [1.82, 2.24) is 5.32 Å². The van der Waals surface area contributed by atoms with E-state index in [1.54, 1.807) is 18.2 Å². The monoisotopic (exact) mass is 479 g/mol. The smallest absolute Gasteiger partial charge is 0.452 e. The first kappa shape index (κ1) is 23.8. The van der Waals surface area contributed by atoms with E-state index < -0.39 is 53.3 Å². The van der Waals surface area contributed by atoms with Gasteiger partial charge in [-0.15, -0.1) is 0 Å². The van der Waals surface area contributed by atoms with E-state index in [1.165, 1.54) is 19.2 Å². The third kappa shape index (κ3) is 4.31. The molecule has 0 saturated heterocycles. The average Bonchev–Trinajstić information content (AvgIpc) is 2.71. The number of halogens is 6. The maximum atomic E-state index is 13.2. The Morgan fingerprint density at radius 1 is 1.03 bits per heavy atom. The molecule has 0 spiro atoms. The van der Waals surface area contributed by atoms with Crippen LogP contribution in [0.2, 0.25) is 0 Å². The lowest BCUT2D eigenvalue weighted by atomic mass is 9.46. The molecule has 0 radical (unpaired) electrons. The van der Waals surface area contributed by atoms with Crippen LogP contribution in [-0.2, 0) is 19.1 Å². The lowest BCUT2D eigenvalue weighted by Crippen LogP contribution is -2.68. The zero-order valence-electron chi connectivity index (χ0n) is 17.6. The first-order chi connectivity index (χ1) is 15.3. The van der Waals surface area contributed by atoms with Crippen LogP contribution >= 0.6 is 0 Å². The number of alkyl halides is 6. The summed E-state index contributed by atoms with van der Waals surface area (Å²) >= 11 is 0. The Hall–Kier alpha value is -2.30. The summed E-state index contributed by atoms with van der Waals surface area (Å²) in [5.74, 6) is -6.11. The summed E-state index contributed by atoms with van der Waals surface area (Å²) in [5, 5.41) is 1.99. The lowest BCUT2D eigenvalue weighted by Gasteiger charge is -2.65. The first-order valence-corrected chi connectivity index (χ1v) is 10.6. The Bertz CT molecular complexity index is 920. The summed E-state index contributed by atoms with van der Waals surface area (Å²) < 4.78 is 89.9. The zero-order valence-corrected chi connectivity index (χ0v) is 17.6. The standard InChI is InChI=1S/C22H23F6NO4/c1-32-19-8-12-7-14(10-19)15(20(9-12,11-19)33-18(31)22(26,27)28)16(13-5-3-2-4-6-13)29-17(30)21(23,24)25/h2-6,12,14-16H,7-11H2,1H3,(H,29,30)/t12-,14+,15-,16+,19+,20+/m1/s1. The Kier molecular flexibility index (Phi) is 5.70. The van der Waals surface area contributed by atoms with Crippen LogP contribution in [0.3, 0.4) is 0 Å². The molecule has 1 aromatic carbocycles. The highest BCUT2D eigenvalue weighted by atomic mass is 19.4. The van der Waals surface area contributed by atoms with Crippen molar-refractivity contribution in [3.8, 4) is 0 Å². The van der Waals surface area contributed by atoms with Crippen LogP contribution in [-0.4, -0.2) is 42.5 Å². The van der Waals surface area contributed by atoms with Crippen LogP contribution in [0.4, 0.5) is 26.3 Å². The van der Waals surface area contributed by atoms with Gasteiger partial charge in [0, 0.05) is 19.4 Å². The number of ether oxygens (including phenoxy) is 2. The van der Waals surface area contributed by atoms with Gasteiger partial charge in [-0.05, 0) is 43.1 Å². The molecule has 1 N–H and O–H groups in total. The number of carbonyl (C=O) groups is 2. The second kappa shape index (κ2) is 7.89. The predicted molar refractivity (Wildman–Crippen MR) is 102 cm³/mol. The largest absolute Gasteiger partial charge is 0.490 e. The Morgan fingerprint density at radius 2 is 1.70 bits per heavy atom. The second-order valence-electron chi connectivity index (χ2n) is 9.38. The van der Waals surface area contributed by atoms with Crippen LogP contribution < -0.4 is 5.32 Å². The predicted octanol–water partition coefficient (Wildman–Crippen LogP) is 4.48. The average molecular weight is 479 g/mol. The molecule has 0 unspecified atom stereocenters. The van der Waals surface area contributed by atoms with E-state index in [9.17, 15) is 35.9 Å². The number of methoxy groups -OCH3 is 1. The van der Waals surface area contributed by atoms with Gasteiger partial charge in [-0.25, -0.2) is 4.79 Å². The molecule has 4 bridgehead atoms. The van der Waals surface area contributed by atoms with Gasteiger partial charge in [-0.2, -0.15) is 26.3 Å². The molecule has 5 rings (SSSR count). The van der Waals surface area contributed by atoms with Gasteiger partial charge in [0.15, 0.2) is 0 Å². The number of hydrogen-bond acceptors (Lipinski definition) is 4. The molecule has 4 saturated carbocycles. The summed E-state index contributed by atoms with van der Waals surface area (Å²) in [6, 6.07) is 6.44. The topological polar surface area (TPSA) is 64.6 Å². The molecule has 0 heterocycles. The molecule has 5 nitrogen and oxygen atoms in total. The van der Waals surface area contributed by atoms with Crippen molar-refractivity contribution in [2.75, 3.05) is 7.11 Å². The number of amides is 1. The van der Waals surface area contributed by atoms with Gasteiger partial charge >= 0.3 is 24.2 Å². The molecule has 1 aromatic rings. The quantitative estimate of drug-likeness (QED) is 0.500. The third-order valence-electron chi connectivity index (χ3n) is 7.32. The fourth-order valence-electron chi connectivity index (χ4n) is 6.51. The molecule has 11 heteroatoms. The van der Waals surface area contributed by atoms with Gasteiger partial charge < -0.3 is 14.8 Å². The summed E-state index contributed by atoms with van der Waals surface area (Å²) in [6.45, 7) is 0. The van der Waals surface area contributed by atoms with E-state index >= 15 is 0 Å². The maximum Gasteiger partial charge on any atom is 0.490 e. The molecule has 4 aliphatic rings. The second-order valence-corrected chi connectivity index (χ2v) is 9.38. The third-order valence-corrected chi connectivity index (χ3v) is 7.32. The number of benzene rings is 1. The molecule has 4 fully saturated rings. The highest BCUT2D eigenvalue weighted by molar-refractivity contribution is 5.82. The number of rotatable bonds is 5. The van der Waals surface area contributed by atoms with Crippen molar-refractivity contribution in [2.24, 2.45) is 17.8 Å². The highest BCUT2D eigenvalue weighted by Gasteiger charge is 2.68. The van der Waals surface area contributed by atoms with Crippen molar-refractivity contribution in [3.63, 3.8) is 0 Å². The van der Waals surface area contributed by atoms with Gasteiger partial charge in [-0.1, -0.05) is 30.3 Å². The Labute approximate surface area is 185 Å². The molecule has 4 aliphatic carbocycles. The van der Waals surface area contributed by atoms with Crippen molar-refractivity contribution in [3.05, 3.63) is 35.9 Å². The van der Waals surface area contributed by atoms with E-state index in [-0.39, 0.29) is 18.8 Å². The molecular weight excluding hydrogens is 456 g/mol. The number of carbonyl (C=O) groups excluding carboxylic acids is 2. The van der Waals surface area contributed by atoms with Crippen molar-refractivity contribution in [2.45, 2.75) is 61.7 Å². The molecule has 6 atom stereocenters. The number of esters is 1. The van der Waals surface area contributed by atoms with E-state index in [2.05, 4.69) is 0 Å². The summed E-state index contributed by atoms with van der Waals surface area (Å²) in [5.41, 5.74) is -2.27. The zero-order chi connectivity index (χ0) is 24.2. The lowest BCUT2D eigenvalue weighted by molar-refractivity contribution is -0.274. The minimum atomic E-state index is -5.27. The van der Waals surface area contributed by atoms with Crippen LogP contribution in [0, 0.1) is 17.8 Å². The van der Waals surface area contributed by atoms with Crippen molar-refractivity contribution in [1.29, 1.82) is 0 Å². The molecule has 33 heavy (non-hydrogen) atoms. The SMILES string of the molecule is CO[C@@]12C[C@H]3C[C@@H](C1)[C@H]([C@@H](NC(=O)C(F)(F)F)c1ccccc1)[C@](OC(=O)C(F)(F)F)(C3)C2. The van der Waals surface area contributed by atoms with Crippen LogP contribution in [0.1, 0.15) is 43.7 Å². The van der Waals surface area contributed by atoms with E-state index in [0.717, 1.165) is 0 Å². The van der Waals surface area contributed by atoms with Crippen LogP contribution in [0.25, 0.3) is 0 Å². The first-order valence-electron chi connectivity index (χ1n) is 10.6. The van der Waals surface area contributed by atoms with Gasteiger partial charge in [0.25, 0.3) is 0 Å². The normalized spacial score (nSPS) is 34.1. The molecule has 182 valence electrons.